The maximum Gasteiger partial charge on any atom is 0.144 e. The molecule has 1 heterocycles. The van der Waals surface area contributed by atoms with Gasteiger partial charge in [-0.25, -0.2) is 0 Å². The van der Waals surface area contributed by atoms with E-state index in [0.29, 0.717) is 12.2 Å². The van der Waals surface area contributed by atoms with E-state index in [1.807, 2.05) is 41.5 Å². The van der Waals surface area contributed by atoms with Gasteiger partial charge in [-0.15, -0.1) is 0 Å². The highest BCUT2D eigenvalue weighted by Gasteiger charge is 2.54. The Morgan fingerprint density at radius 3 is 2.35 bits per heavy atom. The summed E-state index contributed by atoms with van der Waals surface area (Å²) in [6.07, 6.45) is 1.34. The van der Waals surface area contributed by atoms with Crippen LogP contribution in [0, 0.1) is 20.8 Å². The Bertz CT molecular complexity index is 574. The number of benzene rings is 1. The van der Waals surface area contributed by atoms with Crippen LogP contribution in [0.5, 0.6) is 11.5 Å². The molecule has 0 aromatic heterocycles. The summed E-state index contributed by atoms with van der Waals surface area (Å²) in [5.41, 5.74) is 3.12. The molecule has 2 atom stereocenters. The Morgan fingerprint density at radius 1 is 1.15 bits per heavy atom. The van der Waals surface area contributed by atoms with E-state index in [0.717, 1.165) is 34.4 Å². The molecule has 1 unspecified atom stereocenters. The molecule has 2 aliphatic rings. The van der Waals surface area contributed by atoms with Crippen LogP contribution in [0.15, 0.2) is 0 Å². The lowest BCUT2D eigenvalue weighted by molar-refractivity contribution is -0.119. The van der Waals surface area contributed by atoms with Gasteiger partial charge in [0.1, 0.15) is 22.9 Å². The van der Waals surface area contributed by atoms with Crippen LogP contribution in [0.4, 0.5) is 0 Å². The van der Waals surface area contributed by atoms with Crippen molar-refractivity contribution in [2.24, 2.45) is 0 Å². The van der Waals surface area contributed by atoms with Crippen LogP contribution in [0.2, 0.25) is 0 Å². The summed E-state index contributed by atoms with van der Waals surface area (Å²) in [4.78, 5) is 12.1. The maximum absolute atomic E-state index is 12.1. The Balaban J connectivity index is 0.000000704. The van der Waals surface area contributed by atoms with Crippen LogP contribution in [-0.4, -0.2) is 16.5 Å². The average molecular weight is 276 g/mol. The van der Waals surface area contributed by atoms with Crippen molar-refractivity contribution in [3.63, 3.8) is 0 Å². The number of phenolic OH excluding ortho intramolecular Hbond substituents is 1. The second-order valence-corrected chi connectivity index (χ2v) is 5.78. The molecule has 1 fully saturated rings. The topological polar surface area (TPSA) is 46.5 Å². The van der Waals surface area contributed by atoms with Gasteiger partial charge < -0.3 is 9.84 Å². The smallest absolute Gasteiger partial charge is 0.144 e. The maximum atomic E-state index is 12.1. The lowest BCUT2D eigenvalue weighted by atomic mass is 9.84. The molecular formula is C17H24O3. The molecule has 0 radical (unpaired) electrons. The number of hydrogen-bond donors (Lipinski definition) is 1. The molecule has 0 saturated heterocycles. The lowest BCUT2D eigenvalue weighted by Gasteiger charge is -2.22. The molecule has 1 saturated carbocycles. The highest BCUT2D eigenvalue weighted by atomic mass is 16.5. The fourth-order valence-corrected chi connectivity index (χ4v) is 3.42. The van der Waals surface area contributed by atoms with Crippen molar-refractivity contribution in [1.29, 1.82) is 0 Å². The number of ether oxygens (including phenoxy) is 1. The van der Waals surface area contributed by atoms with Gasteiger partial charge >= 0.3 is 0 Å². The van der Waals surface area contributed by atoms with Gasteiger partial charge in [0.15, 0.2) is 0 Å². The highest BCUT2D eigenvalue weighted by molar-refractivity contribution is 5.92. The van der Waals surface area contributed by atoms with E-state index < -0.39 is 5.60 Å². The molecule has 1 aliphatic carbocycles. The number of Topliss-reactive ketones (excluding diaryl/α,β-unsaturated/α-hetero) is 1. The van der Waals surface area contributed by atoms with Crippen LogP contribution < -0.4 is 4.74 Å². The fraction of sp³-hybridized carbons (Fsp3) is 0.588. The van der Waals surface area contributed by atoms with Crippen LogP contribution in [0.3, 0.4) is 0 Å². The average Bonchev–Trinajstić information content (AvgIpc) is 2.90. The van der Waals surface area contributed by atoms with Gasteiger partial charge in [0.05, 0.1) is 5.92 Å². The van der Waals surface area contributed by atoms with Gasteiger partial charge in [-0.3, -0.25) is 4.79 Å². The van der Waals surface area contributed by atoms with Crippen molar-refractivity contribution in [2.75, 3.05) is 0 Å². The number of hydrogen-bond acceptors (Lipinski definition) is 3. The molecule has 0 spiro atoms. The van der Waals surface area contributed by atoms with Gasteiger partial charge in [0, 0.05) is 12.0 Å². The minimum absolute atomic E-state index is 0.197. The van der Waals surface area contributed by atoms with Gasteiger partial charge in [0.25, 0.3) is 0 Å². The quantitative estimate of drug-likeness (QED) is 0.780. The zero-order chi connectivity index (χ0) is 15.2. The fourth-order valence-electron chi connectivity index (χ4n) is 3.42. The molecule has 3 heteroatoms. The van der Waals surface area contributed by atoms with Crippen molar-refractivity contribution in [3.8, 4) is 11.5 Å². The molecule has 1 aromatic rings. The van der Waals surface area contributed by atoms with E-state index in [9.17, 15) is 9.90 Å². The monoisotopic (exact) mass is 276 g/mol. The second kappa shape index (κ2) is 4.80. The van der Waals surface area contributed by atoms with Crippen molar-refractivity contribution >= 4 is 5.78 Å². The number of carbonyl (C=O) groups is 1. The molecule has 20 heavy (non-hydrogen) atoms. The minimum Gasteiger partial charge on any atom is -0.507 e. The van der Waals surface area contributed by atoms with E-state index >= 15 is 0 Å². The molecule has 0 bridgehead atoms. The SMILES string of the molecule is CC.Cc1c(C)c2c(c(C)c1O)[C@@H]1C(=O)CCC1(C)O2. The molecule has 1 aromatic carbocycles. The molecule has 3 rings (SSSR count). The van der Waals surface area contributed by atoms with Crippen LogP contribution in [0.25, 0.3) is 0 Å². The number of aromatic hydroxyl groups is 1. The van der Waals surface area contributed by atoms with Gasteiger partial charge in [-0.2, -0.15) is 0 Å². The summed E-state index contributed by atoms with van der Waals surface area (Å²) in [5, 5.41) is 10.2. The van der Waals surface area contributed by atoms with E-state index in [1.54, 1.807) is 0 Å². The Labute approximate surface area is 121 Å². The molecule has 110 valence electrons. The van der Waals surface area contributed by atoms with Crippen molar-refractivity contribution in [1.82, 2.24) is 0 Å². The standard InChI is InChI=1S/C15H18O3.C2H6/c1-7-8(2)14-11(9(3)13(7)17)12-10(16)5-6-15(12,4)18-14;1-2/h12,17H,5-6H2,1-4H3;1-2H3/t12-,15?;/m0./s1. The molecule has 0 amide bonds. The van der Waals surface area contributed by atoms with Gasteiger partial charge in [0.2, 0.25) is 0 Å². The first-order valence-corrected chi connectivity index (χ1v) is 7.41. The molecule has 1 N–H and O–H groups in total. The molecule has 1 aliphatic heterocycles. The number of fused-ring (bicyclic) bond motifs is 3. The molecular weight excluding hydrogens is 252 g/mol. The third kappa shape index (κ3) is 1.75. The summed E-state index contributed by atoms with van der Waals surface area (Å²) in [6.45, 7) is 11.7. The van der Waals surface area contributed by atoms with E-state index in [1.165, 1.54) is 0 Å². The Hall–Kier alpha value is -1.51. The first kappa shape index (κ1) is 14.9. The van der Waals surface area contributed by atoms with Crippen LogP contribution in [0.1, 0.15) is 61.8 Å². The third-order valence-corrected chi connectivity index (χ3v) is 4.69. The number of ketones is 1. The Morgan fingerprint density at radius 2 is 1.75 bits per heavy atom. The first-order chi connectivity index (χ1) is 9.37. The summed E-state index contributed by atoms with van der Waals surface area (Å²) >= 11 is 0. The number of rotatable bonds is 0. The Kier molecular flexibility index (Phi) is 3.57. The summed E-state index contributed by atoms with van der Waals surface area (Å²) in [7, 11) is 0. The normalized spacial score (nSPS) is 26.5. The zero-order valence-electron chi connectivity index (χ0n) is 13.3. The highest BCUT2D eigenvalue weighted by Crippen LogP contribution is 2.56. The summed E-state index contributed by atoms with van der Waals surface area (Å²) < 4.78 is 6.10. The minimum atomic E-state index is -0.408. The molecule has 3 nitrogen and oxygen atoms in total. The van der Waals surface area contributed by atoms with Gasteiger partial charge in [-0.1, -0.05) is 13.8 Å². The first-order valence-electron chi connectivity index (χ1n) is 7.41. The largest absolute Gasteiger partial charge is 0.507 e. The van der Waals surface area contributed by atoms with Crippen molar-refractivity contribution < 1.29 is 14.6 Å². The van der Waals surface area contributed by atoms with Crippen LogP contribution >= 0.6 is 0 Å². The predicted molar refractivity (Wildman–Crippen MR) is 79.7 cm³/mol. The van der Waals surface area contributed by atoms with E-state index in [-0.39, 0.29) is 11.7 Å². The number of carbonyl (C=O) groups excluding carboxylic acids is 1. The van der Waals surface area contributed by atoms with E-state index in [2.05, 4.69) is 0 Å². The zero-order valence-corrected chi connectivity index (χ0v) is 13.3. The second-order valence-electron chi connectivity index (χ2n) is 5.78. The van der Waals surface area contributed by atoms with Gasteiger partial charge in [-0.05, 0) is 50.8 Å². The third-order valence-electron chi connectivity index (χ3n) is 4.69. The van der Waals surface area contributed by atoms with E-state index in [4.69, 9.17) is 4.74 Å². The summed E-state index contributed by atoms with van der Waals surface area (Å²) in [5.74, 6) is 1.17. The number of phenols is 1. The van der Waals surface area contributed by atoms with Crippen LogP contribution in [-0.2, 0) is 4.79 Å². The predicted octanol–water partition coefficient (Wildman–Crippen LogP) is 3.94. The van der Waals surface area contributed by atoms with Crippen molar-refractivity contribution in [2.45, 2.75) is 65.9 Å². The lowest BCUT2D eigenvalue weighted by Crippen LogP contribution is -2.31. The summed E-state index contributed by atoms with van der Waals surface area (Å²) in [6, 6.07) is 0. The van der Waals surface area contributed by atoms with Crippen molar-refractivity contribution in [3.05, 3.63) is 22.3 Å².